The quantitative estimate of drug-likeness (QED) is 0.591. The monoisotopic (exact) mass is 417 g/mol. The minimum absolute atomic E-state index is 0.0402. The van der Waals surface area contributed by atoms with Gasteiger partial charge in [-0.25, -0.2) is 0 Å². The average molecular weight is 418 g/mol. The molecule has 0 aliphatic heterocycles. The molecule has 160 valence electrons. The fourth-order valence-corrected chi connectivity index (χ4v) is 3.34. The Bertz CT molecular complexity index is 1090. The Balaban J connectivity index is 1.87. The van der Waals surface area contributed by atoms with E-state index in [1.165, 1.54) is 12.4 Å². The zero-order valence-electron chi connectivity index (χ0n) is 17.8. The highest BCUT2D eigenvalue weighted by Crippen LogP contribution is 2.13. The number of carbonyl (C=O) groups is 2. The molecular weight excluding hydrogens is 390 g/mol. The van der Waals surface area contributed by atoms with Crippen LogP contribution in [0.15, 0.2) is 77.9 Å². The first-order valence-corrected chi connectivity index (χ1v) is 10.4. The van der Waals surface area contributed by atoms with Gasteiger partial charge in [0.1, 0.15) is 11.1 Å². The molecule has 0 aliphatic rings. The molecular formula is C25H27N3O3. The van der Waals surface area contributed by atoms with Gasteiger partial charge in [0.2, 0.25) is 5.43 Å². The molecule has 1 heterocycles. The van der Waals surface area contributed by atoms with Gasteiger partial charge in [0.15, 0.2) is 0 Å². The zero-order valence-corrected chi connectivity index (χ0v) is 17.8. The largest absolute Gasteiger partial charge is 0.352 e. The highest BCUT2D eigenvalue weighted by Gasteiger charge is 2.19. The topological polar surface area (TPSA) is 80.2 Å². The Labute approximate surface area is 181 Å². The van der Waals surface area contributed by atoms with E-state index in [4.69, 9.17) is 0 Å². The Hall–Kier alpha value is -3.67. The van der Waals surface area contributed by atoms with Crippen molar-refractivity contribution in [2.24, 2.45) is 0 Å². The Morgan fingerprint density at radius 2 is 1.42 bits per heavy atom. The lowest BCUT2D eigenvalue weighted by molar-refractivity contribution is 0.0949. The molecule has 0 bridgehead atoms. The molecule has 0 radical (unpaired) electrons. The number of amides is 2. The van der Waals surface area contributed by atoms with Gasteiger partial charge in [0, 0.05) is 32.0 Å². The summed E-state index contributed by atoms with van der Waals surface area (Å²) in [7, 11) is 0. The van der Waals surface area contributed by atoms with Gasteiger partial charge in [-0.3, -0.25) is 14.4 Å². The number of nitrogens with one attached hydrogen (secondary N) is 2. The normalized spacial score (nSPS) is 11.5. The van der Waals surface area contributed by atoms with Crippen LogP contribution in [0.1, 0.15) is 51.6 Å². The average Bonchev–Trinajstić information content (AvgIpc) is 2.79. The van der Waals surface area contributed by atoms with Crippen LogP contribution in [0.25, 0.3) is 0 Å². The summed E-state index contributed by atoms with van der Waals surface area (Å²) in [5.74, 6) is -0.884. The maximum absolute atomic E-state index is 12.9. The number of rotatable bonds is 8. The van der Waals surface area contributed by atoms with Crippen molar-refractivity contribution in [3.05, 3.63) is 106 Å². The summed E-state index contributed by atoms with van der Waals surface area (Å²) in [4.78, 5) is 38.2. The first-order chi connectivity index (χ1) is 15.0. The van der Waals surface area contributed by atoms with E-state index < -0.39 is 17.2 Å². The predicted octanol–water partition coefficient (Wildman–Crippen LogP) is 3.18. The van der Waals surface area contributed by atoms with Crippen LogP contribution in [0, 0.1) is 0 Å². The van der Waals surface area contributed by atoms with Crippen molar-refractivity contribution in [3.8, 4) is 0 Å². The van der Waals surface area contributed by atoms with E-state index in [0.29, 0.717) is 19.6 Å². The number of carbonyl (C=O) groups excluding carboxylic acids is 2. The lowest BCUT2D eigenvalue weighted by Crippen LogP contribution is -2.36. The molecule has 31 heavy (non-hydrogen) atoms. The van der Waals surface area contributed by atoms with Gasteiger partial charge in [-0.05, 0) is 24.0 Å². The van der Waals surface area contributed by atoms with Crippen molar-refractivity contribution in [2.45, 2.75) is 26.3 Å². The molecule has 0 fully saturated rings. The van der Waals surface area contributed by atoms with Crippen molar-refractivity contribution in [3.63, 3.8) is 0 Å². The van der Waals surface area contributed by atoms with E-state index in [1.54, 1.807) is 11.5 Å². The van der Waals surface area contributed by atoms with Gasteiger partial charge >= 0.3 is 0 Å². The molecule has 2 N–H and O–H groups in total. The molecule has 2 aromatic carbocycles. The number of aromatic nitrogens is 1. The van der Waals surface area contributed by atoms with Crippen molar-refractivity contribution >= 4 is 11.8 Å². The highest BCUT2D eigenvalue weighted by molar-refractivity contribution is 5.99. The second-order valence-corrected chi connectivity index (χ2v) is 7.45. The fourth-order valence-electron chi connectivity index (χ4n) is 3.34. The maximum Gasteiger partial charge on any atom is 0.256 e. The van der Waals surface area contributed by atoms with Gasteiger partial charge in [0.25, 0.3) is 11.8 Å². The first-order valence-electron chi connectivity index (χ1n) is 10.4. The number of nitrogens with zero attached hydrogens (tertiary/aromatic N) is 1. The standard InChI is InChI=1S/C25H27N3O3/c1-3-26-24(30)21-16-28(15-19-10-6-4-7-11-19)17-22(23(21)29)25(31)27-14-18(2)20-12-8-5-9-13-20/h4-13,16-18H,3,14-15H2,1-2H3,(H,26,30)(H,27,31). The molecule has 0 spiro atoms. The van der Waals surface area contributed by atoms with E-state index in [9.17, 15) is 14.4 Å². The maximum atomic E-state index is 12.9. The second-order valence-electron chi connectivity index (χ2n) is 7.45. The van der Waals surface area contributed by atoms with Gasteiger partial charge in [-0.1, -0.05) is 67.6 Å². The molecule has 3 aromatic rings. The van der Waals surface area contributed by atoms with Crippen LogP contribution in [-0.2, 0) is 6.54 Å². The van der Waals surface area contributed by atoms with Crippen molar-refractivity contribution < 1.29 is 9.59 Å². The second kappa shape index (κ2) is 10.4. The molecule has 1 aromatic heterocycles. The van der Waals surface area contributed by atoms with E-state index in [0.717, 1.165) is 11.1 Å². The van der Waals surface area contributed by atoms with Gasteiger partial charge in [-0.15, -0.1) is 0 Å². The van der Waals surface area contributed by atoms with E-state index in [1.807, 2.05) is 67.6 Å². The predicted molar refractivity (Wildman–Crippen MR) is 121 cm³/mol. The minimum Gasteiger partial charge on any atom is -0.352 e. The molecule has 1 unspecified atom stereocenters. The molecule has 1 atom stereocenters. The number of pyridine rings is 1. The van der Waals surface area contributed by atoms with Crippen LogP contribution >= 0.6 is 0 Å². The number of benzene rings is 2. The Kier molecular flexibility index (Phi) is 7.38. The molecule has 2 amide bonds. The summed E-state index contributed by atoms with van der Waals surface area (Å²) in [5.41, 5.74) is 1.44. The fraction of sp³-hybridized carbons (Fsp3) is 0.240. The van der Waals surface area contributed by atoms with Crippen LogP contribution in [0.5, 0.6) is 0 Å². The van der Waals surface area contributed by atoms with Crippen LogP contribution in [0.4, 0.5) is 0 Å². The van der Waals surface area contributed by atoms with Gasteiger partial charge in [-0.2, -0.15) is 0 Å². The lowest BCUT2D eigenvalue weighted by atomic mass is 10.0. The van der Waals surface area contributed by atoms with Gasteiger partial charge < -0.3 is 15.2 Å². The highest BCUT2D eigenvalue weighted by atomic mass is 16.2. The summed E-state index contributed by atoms with van der Waals surface area (Å²) >= 11 is 0. The van der Waals surface area contributed by atoms with E-state index >= 15 is 0 Å². The molecule has 3 rings (SSSR count). The Morgan fingerprint density at radius 3 is 2.00 bits per heavy atom. The summed E-state index contributed by atoms with van der Waals surface area (Å²) in [6.45, 7) is 5.00. The van der Waals surface area contributed by atoms with Crippen LogP contribution in [0.3, 0.4) is 0 Å². The van der Waals surface area contributed by atoms with Crippen molar-refractivity contribution in [1.29, 1.82) is 0 Å². The summed E-state index contributed by atoms with van der Waals surface area (Å²) < 4.78 is 1.71. The van der Waals surface area contributed by atoms with Crippen LogP contribution in [0.2, 0.25) is 0 Å². The van der Waals surface area contributed by atoms with E-state index in [2.05, 4.69) is 10.6 Å². The van der Waals surface area contributed by atoms with Crippen molar-refractivity contribution in [2.75, 3.05) is 13.1 Å². The summed E-state index contributed by atoms with van der Waals surface area (Å²) in [5, 5.41) is 5.49. The van der Waals surface area contributed by atoms with Gasteiger partial charge in [0.05, 0.1) is 0 Å². The molecule has 6 heteroatoms. The molecule has 6 nitrogen and oxygen atoms in total. The number of hydrogen-bond donors (Lipinski definition) is 2. The van der Waals surface area contributed by atoms with Crippen molar-refractivity contribution in [1.82, 2.24) is 15.2 Å². The van der Waals surface area contributed by atoms with E-state index in [-0.39, 0.29) is 17.0 Å². The summed E-state index contributed by atoms with van der Waals surface area (Å²) in [6.07, 6.45) is 3.02. The smallest absolute Gasteiger partial charge is 0.256 e. The molecule has 0 aliphatic carbocycles. The zero-order chi connectivity index (χ0) is 22.2. The third kappa shape index (κ3) is 5.69. The third-order valence-electron chi connectivity index (χ3n) is 5.05. The third-order valence-corrected chi connectivity index (χ3v) is 5.05. The molecule has 0 saturated carbocycles. The lowest BCUT2D eigenvalue weighted by Gasteiger charge is -2.15. The molecule has 0 saturated heterocycles. The summed E-state index contributed by atoms with van der Waals surface area (Å²) in [6, 6.07) is 19.5. The number of hydrogen-bond acceptors (Lipinski definition) is 3. The SMILES string of the molecule is CCNC(=O)c1cn(Cc2ccccc2)cc(C(=O)NCC(C)c2ccccc2)c1=O. The van der Waals surface area contributed by atoms with Crippen LogP contribution < -0.4 is 16.1 Å². The van der Waals surface area contributed by atoms with Crippen LogP contribution in [-0.4, -0.2) is 29.5 Å². The Morgan fingerprint density at radius 1 is 0.871 bits per heavy atom. The first kappa shape index (κ1) is 22.0. The minimum atomic E-state index is -0.569.